The van der Waals surface area contributed by atoms with Gasteiger partial charge in [-0.1, -0.05) is 0 Å². The summed E-state index contributed by atoms with van der Waals surface area (Å²) < 4.78 is 4.97. The third kappa shape index (κ3) is 2.52. The Kier molecular flexibility index (Phi) is 3.31. The molecule has 1 heterocycles. The zero-order valence-corrected chi connectivity index (χ0v) is 11.7. The average Bonchev–Trinajstić information content (AvgIpc) is 2.81. The lowest BCUT2D eigenvalue weighted by Crippen LogP contribution is -2.22. The molecule has 2 unspecified atom stereocenters. The highest BCUT2D eigenvalue weighted by Crippen LogP contribution is 2.54. The average molecular weight is 279 g/mol. The van der Waals surface area contributed by atoms with Crippen LogP contribution >= 0.6 is 11.3 Å². The minimum atomic E-state index is -0.367. The van der Waals surface area contributed by atoms with E-state index >= 15 is 0 Å². The molecule has 0 aromatic carbocycles. The Morgan fingerprint density at radius 2 is 2.11 bits per heavy atom. The van der Waals surface area contributed by atoms with Crippen molar-refractivity contribution < 1.29 is 14.3 Å². The number of anilines is 1. The third-order valence-corrected chi connectivity index (χ3v) is 4.84. The Hall–Kier alpha value is -1.36. The molecule has 2 saturated carbocycles. The first kappa shape index (κ1) is 12.7. The van der Waals surface area contributed by atoms with Gasteiger partial charge in [-0.05, 0) is 49.5 Å². The summed E-state index contributed by atoms with van der Waals surface area (Å²) in [7, 11) is 0. The zero-order valence-electron chi connectivity index (χ0n) is 10.8. The molecule has 1 aromatic rings. The molecular formula is C14H17NO3S. The van der Waals surface area contributed by atoms with Gasteiger partial charge in [0.15, 0.2) is 0 Å². The number of hydrogen-bond donors (Lipinski definition) is 1. The maximum atomic E-state index is 12.2. The smallest absolute Gasteiger partial charge is 0.341 e. The first-order valence-electron chi connectivity index (χ1n) is 6.74. The molecule has 0 spiro atoms. The quantitative estimate of drug-likeness (QED) is 0.862. The summed E-state index contributed by atoms with van der Waals surface area (Å²) in [6.07, 6.45) is 3.32. The lowest BCUT2D eigenvalue weighted by molar-refractivity contribution is -0.119. The van der Waals surface area contributed by atoms with Crippen molar-refractivity contribution in [2.24, 2.45) is 17.8 Å². The van der Waals surface area contributed by atoms with E-state index < -0.39 is 0 Å². The topological polar surface area (TPSA) is 55.4 Å². The van der Waals surface area contributed by atoms with Crippen LogP contribution in [-0.4, -0.2) is 18.5 Å². The van der Waals surface area contributed by atoms with Crippen molar-refractivity contribution in [1.82, 2.24) is 0 Å². The largest absolute Gasteiger partial charge is 0.462 e. The summed E-state index contributed by atoms with van der Waals surface area (Å²) in [4.78, 5) is 23.9. The van der Waals surface area contributed by atoms with Gasteiger partial charge in [0.05, 0.1) is 12.2 Å². The number of hydrogen-bond acceptors (Lipinski definition) is 4. The summed E-state index contributed by atoms with van der Waals surface area (Å²) in [5, 5.41) is 5.31. The van der Waals surface area contributed by atoms with Gasteiger partial charge >= 0.3 is 5.97 Å². The summed E-state index contributed by atoms with van der Waals surface area (Å²) in [5.41, 5.74) is 0.461. The number of nitrogens with one attached hydrogen (secondary N) is 1. The lowest BCUT2D eigenvalue weighted by atomic mass is 10.0. The molecule has 0 saturated heterocycles. The van der Waals surface area contributed by atoms with Crippen LogP contribution in [0.15, 0.2) is 11.4 Å². The monoisotopic (exact) mass is 279 g/mol. The van der Waals surface area contributed by atoms with Crippen molar-refractivity contribution in [3.63, 3.8) is 0 Å². The van der Waals surface area contributed by atoms with Gasteiger partial charge in [0.1, 0.15) is 5.00 Å². The molecule has 1 amide bonds. The Labute approximate surface area is 116 Å². The van der Waals surface area contributed by atoms with Crippen LogP contribution in [0.3, 0.4) is 0 Å². The molecule has 1 N–H and O–H groups in total. The van der Waals surface area contributed by atoms with E-state index in [1.165, 1.54) is 17.8 Å². The van der Waals surface area contributed by atoms with Gasteiger partial charge in [0, 0.05) is 5.92 Å². The second kappa shape index (κ2) is 4.96. The summed E-state index contributed by atoms with van der Waals surface area (Å²) >= 11 is 1.37. The minimum Gasteiger partial charge on any atom is -0.462 e. The number of thiophene rings is 1. The fraction of sp³-hybridized carbons (Fsp3) is 0.571. The van der Waals surface area contributed by atoms with E-state index in [9.17, 15) is 9.59 Å². The SMILES string of the molecule is CCOC(=O)c1ccsc1NC(=O)C1CC2CC2C1. The maximum Gasteiger partial charge on any atom is 0.341 e. The lowest BCUT2D eigenvalue weighted by Gasteiger charge is -2.12. The molecule has 3 rings (SSSR count). The Morgan fingerprint density at radius 3 is 2.79 bits per heavy atom. The standard InChI is InChI=1S/C14H17NO3S/c1-2-18-14(17)11-3-4-19-13(11)15-12(16)10-6-8-5-9(8)7-10/h3-4,8-10H,2,5-7H2,1H3,(H,15,16). The van der Waals surface area contributed by atoms with E-state index in [1.54, 1.807) is 18.4 Å². The number of esters is 1. The van der Waals surface area contributed by atoms with Gasteiger partial charge in [-0.25, -0.2) is 4.79 Å². The van der Waals surface area contributed by atoms with E-state index in [4.69, 9.17) is 4.74 Å². The Balaban J connectivity index is 1.64. The second-order valence-electron chi connectivity index (χ2n) is 5.30. The van der Waals surface area contributed by atoms with E-state index in [-0.39, 0.29) is 17.8 Å². The molecule has 2 fully saturated rings. The fourth-order valence-electron chi connectivity index (χ4n) is 2.92. The van der Waals surface area contributed by atoms with Gasteiger partial charge < -0.3 is 10.1 Å². The number of rotatable bonds is 4. The van der Waals surface area contributed by atoms with E-state index in [1.807, 2.05) is 0 Å². The van der Waals surface area contributed by atoms with Crippen LogP contribution < -0.4 is 5.32 Å². The van der Waals surface area contributed by atoms with Crippen LogP contribution in [0.1, 0.15) is 36.5 Å². The van der Waals surface area contributed by atoms with Gasteiger partial charge in [0.25, 0.3) is 0 Å². The van der Waals surface area contributed by atoms with Crippen LogP contribution in [0.4, 0.5) is 5.00 Å². The van der Waals surface area contributed by atoms with Crippen molar-refractivity contribution in [2.75, 3.05) is 11.9 Å². The van der Waals surface area contributed by atoms with Crippen molar-refractivity contribution in [1.29, 1.82) is 0 Å². The highest BCUT2D eigenvalue weighted by atomic mass is 32.1. The summed E-state index contributed by atoms with van der Waals surface area (Å²) in [5.74, 6) is 1.38. The predicted octanol–water partition coefficient (Wildman–Crippen LogP) is 2.91. The first-order valence-corrected chi connectivity index (χ1v) is 7.62. The molecule has 2 aliphatic rings. The fourth-order valence-corrected chi connectivity index (χ4v) is 3.70. The number of carbonyl (C=O) groups excluding carboxylic acids is 2. The number of ether oxygens (including phenoxy) is 1. The van der Waals surface area contributed by atoms with E-state index in [0.717, 1.165) is 24.7 Å². The zero-order chi connectivity index (χ0) is 13.4. The van der Waals surface area contributed by atoms with Crippen LogP contribution in [0.5, 0.6) is 0 Å². The molecule has 1 aromatic heterocycles. The van der Waals surface area contributed by atoms with Crippen LogP contribution in [-0.2, 0) is 9.53 Å². The first-order chi connectivity index (χ1) is 9.19. The normalized spacial score (nSPS) is 27.7. The van der Waals surface area contributed by atoms with Gasteiger partial charge in [-0.15, -0.1) is 11.3 Å². The molecule has 4 nitrogen and oxygen atoms in total. The molecule has 5 heteroatoms. The molecule has 2 aliphatic carbocycles. The highest BCUT2D eigenvalue weighted by molar-refractivity contribution is 7.14. The minimum absolute atomic E-state index is 0.0557. The molecule has 2 atom stereocenters. The van der Waals surface area contributed by atoms with E-state index in [2.05, 4.69) is 5.32 Å². The molecule has 0 bridgehead atoms. The van der Waals surface area contributed by atoms with Crippen molar-refractivity contribution >= 4 is 28.2 Å². The predicted molar refractivity (Wildman–Crippen MR) is 73.2 cm³/mol. The van der Waals surface area contributed by atoms with Gasteiger partial charge in [-0.3, -0.25) is 4.79 Å². The van der Waals surface area contributed by atoms with Gasteiger partial charge in [-0.2, -0.15) is 0 Å². The maximum absolute atomic E-state index is 12.2. The van der Waals surface area contributed by atoms with E-state index in [0.29, 0.717) is 17.2 Å². The molecule has 102 valence electrons. The number of amides is 1. The van der Waals surface area contributed by atoms with Crippen LogP contribution in [0.25, 0.3) is 0 Å². The van der Waals surface area contributed by atoms with Crippen LogP contribution in [0.2, 0.25) is 0 Å². The summed E-state index contributed by atoms with van der Waals surface area (Å²) in [6, 6.07) is 1.70. The van der Waals surface area contributed by atoms with Crippen molar-refractivity contribution in [2.45, 2.75) is 26.2 Å². The molecule has 0 radical (unpaired) electrons. The Morgan fingerprint density at radius 1 is 1.37 bits per heavy atom. The second-order valence-corrected chi connectivity index (χ2v) is 6.21. The van der Waals surface area contributed by atoms with Crippen molar-refractivity contribution in [3.8, 4) is 0 Å². The summed E-state index contributed by atoms with van der Waals surface area (Å²) in [6.45, 7) is 2.11. The van der Waals surface area contributed by atoms with Crippen molar-refractivity contribution in [3.05, 3.63) is 17.0 Å². The highest BCUT2D eigenvalue weighted by Gasteiger charge is 2.48. The molecular weight excluding hydrogens is 262 g/mol. The van der Waals surface area contributed by atoms with Gasteiger partial charge in [0.2, 0.25) is 5.91 Å². The number of fused-ring (bicyclic) bond motifs is 1. The molecule has 19 heavy (non-hydrogen) atoms. The van der Waals surface area contributed by atoms with Crippen LogP contribution in [0, 0.1) is 17.8 Å². The Bertz CT molecular complexity index is 501. The third-order valence-electron chi connectivity index (χ3n) is 4.01. The number of carbonyl (C=O) groups is 2. The molecule has 0 aliphatic heterocycles.